The van der Waals surface area contributed by atoms with E-state index in [0.29, 0.717) is 25.3 Å². The van der Waals surface area contributed by atoms with Crippen molar-refractivity contribution in [1.29, 1.82) is 0 Å². The highest BCUT2D eigenvalue weighted by Gasteiger charge is 2.32. The summed E-state index contributed by atoms with van der Waals surface area (Å²) < 4.78 is 5.31. The number of carboxylic acids is 1. The van der Waals surface area contributed by atoms with Crippen LogP contribution in [0.15, 0.2) is 24.3 Å². The maximum absolute atomic E-state index is 12.2. The van der Waals surface area contributed by atoms with Gasteiger partial charge in [0, 0.05) is 18.2 Å². The first-order valence-electron chi connectivity index (χ1n) is 6.96. The maximum Gasteiger partial charge on any atom is 0.303 e. The number of nitrogens with one attached hydrogen (secondary N) is 2. The Bertz CT molecular complexity index is 501. The molecule has 0 radical (unpaired) electrons. The number of aryl methyl sites for hydroxylation is 1. The monoisotopic (exact) mass is 292 g/mol. The van der Waals surface area contributed by atoms with Crippen LogP contribution in [-0.4, -0.2) is 43.3 Å². The molecular formula is C15H20N2O4. The van der Waals surface area contributed by atoms with Crippen molar-refractivity contribution in [3.63, 3.8) is 0 Å². The third kappa shape index (κ3) is 4.27. The van der Waals surface area contributed by atoms with Gasteiger partial charge in [-0.1, -0.05) is 12.1 Å². The zero-order valence-corrected chi connectivity index (χ0v) is 12.0. The summed E-state index contributed by atoms with van der Waals surface area (Å²) in [5.74, 6) is -1.07. The number of hydrogen-bond acceptors (Lipinski definition) is 4. The molecule has 2 rings (SSSR count). The van der Waals surface area contributed by atoms with E-state index in [4.69, 9.17) is 9.84 Å². The first kappa shape index (κ1) is 15.5. The molecule has 0 bridgehead atoms. The molecule has 2 atom stereocenters. The summed E-state index contributed by atoms with van der Waals surface area (Å²) in [4.78, 5) is 22.7. The predicted molar refractivity (Wildman–Crippen MR) is 78.2 cm³/mol. The van der Waals surface area contributed by atoms with Crippen molar-refractivity contribution in [2.24, 2.45) is 5.92 Å². The van der Waals surface area contributed by atoms with Gasteiger partial charge in [-0.15, -0.1) is 0 Å². The Kier molecular flexibility index (Phi) is 5.30. The number of aliphatic carboxylic acids is 1. The third-order valence-electron chi connectivity index (χ3n) is 3.64. The number of likely N-dealkylation sites (N-methyl/N-ethyl adjacent to an activating group) is 1. The molecule has 6 nitrogen and oxygen atoms in total. The van der Waals surface area contributed by atoms with Crippen molar-refractivity contribution >= 4 is 17.6 Å². The second-order valence-electron chi connectivity index (χ2n) is 5.12. The van der Waals surface area contributed by atoms with Crippen LogP contribution in [0.1, 0.15) is 12.0 Å². The quantitative estimate of drug-likeness (QED) is 0.724. The molecule has 0 aliphatic carbocycles. The molecule has 1 aromatic rings. The van der Waals surface area contributed by atoms with E-state index < -0.39 is 5.97 Å². The zero-order chi connectivity index (χ0) is 15.2. The van der Waals surface area contributed by atoms with Crippen molar-refractivity contribution in [2.45, 2.75) is 18.9 Å². The van der Waals surface area contributed by atoms with Crippen LogP contribution in [0, 0.1) is 5.92 Å². The van der Waals surface area contributed by atoms with E-state index in [1.54, 1.807) is 12.1 Å². The number of anilines is 1. The number of carboxylic acid groups (broad SMARTS) is 1. The third-order valence-corrected chi connectivity index (χ3v) is 3.64. The summed E-state index contributed by atoms with van der Waals surface area (Å²) in [6, 6.07) is 7.29. The van der Waals surface area contributed by atoms with Gasteiger partial charge in [-0.2, -0.15) is 0 Å². The molecule has 1 saturated heterocycles. The summed E-state index contributed by atoms with van der Waals surface area (Å²) in [7, 11) is 1.82. The van der Waals surface area contributed by atoms with Crippen molar-refractivity contribution < 1.29 is 19.4 Å². The van der Waals surface area contributed by atoms with E-state index in [9.17, 15) is 9.59 Å². The average Bonchev–Trinajstić information content (AvgIpc) is 2.95. The van der Waals surface area contributed by atoms with Gasteiger partial charge in [0.2, 0.25) is 5.91 Å². The van der Waals surface area contributed by atoms with Crippen LogP contribution < -0.4 is 10.6 Å². The Labute approximate surface area is 123 Å². The van der Waals surface area contributed by atoms with Crippen LogP contribution in [0.3, 0.4) is 0 Å². The van der Waals surface area contributed by atoms with Gasteiger partial charge in [-0.05, 0) is 31.2 Å². The van der Waals surface area contributed by atoms with E-state index >= 15 is 0 Å². The minimum absolute atomic E-state index is 0.0415. The van der Waals surface area contributed by atoms with Gasteiger partial charge >= 0.3 is 5.97 Å². The SMILES string of the molecule is CNC1COCC1C(=O)Nc1ccc(CCC(=O)O)cc1. The number of rotatable bonds is 6. The molecule has 1 fully saturated rings. The second kappa shape index (κ2) is 7.19. The van der Waals surface area contributed by atoms with Gasteiger partial charge in [-0.3, -0.25) is 9.59 Å². The molecule has 3 N–H and O–H groups in total. The van der Waals surface area contributed by atoms with Gasteiger partial charge < -0.3 is 20.5 Å². The van der Waals surface area contributed by atoms with Crippen molar-refractivity contribution in [3.05, 3.63) is 29.8 Å². The van der Waals surface area contributed by atoms with E-state index in [1.807, 2.05) is 19.2 Å². The summed E-state index contributed by atoms with van der Waals surface area (Å²) in [6.45, 7) is 0.969. The van der Waals surface area contributed by atoms with Crippen LogP contribution in [0.2, 0.25) is 0 Å². The molecule has 1 aromatic carbocycles. The molecule has 21 heavy (non-hydrogen) atoms. The Hall–Kier alpha value is -1.92. The fourth-order valence-corrected chi connectivity index (χ4v) is 2.34. The Morgan fingerprint density at radius 2 is 2.00 bits per heavy atom. The number of amides is 1. The topological polar surface area (TPSA) is 87.7 Å². The van der Waals surface area contributed by atoms with E-state index in [0.717, 1.165) is 5.56 Å². The first-order chi connectivity index (χ1) is 10.1. The molecule has 1 amide bonds. The summed E-state index contributed by atoms with van der Waals surface area (Å²) in [6.07, 6.45) is 0.594. The smallest absolute Gasteiger partial charge is 0.303 e. The highest BCUT2D eigenvalue weighted by atomic mass is 16.5. The highest BCUT2D eigenvalue weighted by molar-refractivity contribution is 5.93. The van der Waals surface area contributed by atoms with Crippen molar-refractivity contribution in [2.75, 3.05) is 25.6 Å². The molecule has 1 heterocycles. The van der Waals surface area contributed by atoms with Crippen LogP contribution in [-0.2, 0) is 20.7 Å². The van der Waals surface area contributed by atoms with Gasteiger partial charge in [0.1, 0.15) is 0 Å². The average molecular weight is 292 g/mol. The Balaban J connectivity index is 1.90. The number of carbonyl (C=O) groups excluding carboxylic acids is 1. The van der Waals surface area contributed by atoms with Crippen LogP contribution in [0.25, 0.3) is 0 Å². The minimum atomic E-state index is -0.813. The molecule has 1 aliphatic heterocycles. The van der Waals surface area contributed by atoms with E-state index in [1.165, 1.54) is 0 Å². The maximum atomic E-state index is 12.2. The van der Waals surface area contributed by atoms with Gasteiger partial charge in [0.05, 0.1) is 19.1 Å². The standard InChI is InChI=1S/C15H20N2O4/c1-16-13-9-21-8-12(13)15(20)17-11-5-2-10(3-6-11)4-7-14(18)19/h2-3,5-6,12-13,16H,4,7-9H2,1H3,(H,17,20)(H,18,19). The van der Waals surface area contributed by atoms with E-state index in [2.05, 4.69) is 10.6 Å². The van der Waals surface area contributed by atoms with Gasteiger partial charge in [0.15, 0.2) is 0 Å². The molecule has 114 valence electrons. The number of ether oxygens (including phenoxy) is 1. The molecule has 0 saturated carbocycles. The first-order valence-corrected chi connectivity index (χ1v) is 6.96. The summed E-state index contributed by atoms with van der Waals surface area (Å²) >= 11 is 0. The van der Waals surface area contributed by atoms with Crippen molar-refractivity contribution in [3.8, 4) is 0 Å². The number of carbonyl (C=O) groups is 2. The minimum Gasteiger partial charge on any atom is -0.481 e. The predicted octanol–water partition coefficient (Wildman–Crippen LogP) is 0.877. The van der Waals surface area contributed by atoms with Crippen LogP contribution in [0.4, 0.5) is 5.69 Å². The second-order valence-corrected chi connectivity index (χ2v) is 5.12. The van der Waals surface area contributed by atoms with Gasteiger partial charge in [0.25, 0.3) is 0 Å². The van der Waals surface area contributed by atoms with E-state index in [-0.39, 0.29) is 24.3 Å². The zero-order valence-electron chi connectivity index (χ0n) is 12.0. The van der Waals surface area contributed by atoms with Crippen LogP contribution in [0.5, 0.6) is 0 Å². The fourth-order valence-electron chi connectivity index (χ4n) is 2.34. The highest BCUT2D eigenvalue weighted by Crippen LogP contribution is 2.17. The lowest BCUT2D eigenvalue weighted by Gasteiger charge is -2.16. The normalized spacial score (nSPS) is 21.2. The van der Waals surface area contributed by atoms with Crippen molar-refractivity contribution in [1.82, 2.24) is 5.32 Å². The summed E-state index contributed by atoms with van der Waals surface area (Å²) in [5, 5.41) is 14.6. The Morgan fingerprint density at radius 3 is 2.62 bits per heavy atom. The lowest BCUT2D eigenvalue weighted by molar-refractivity contribution is -0.137. The lowest BCUT2D eigenvalue weighted by atomic mass is 10.0. The lowest BCUT2D eigenvalue weighted by Crippen LogP contribution is -2.39. The molecule has 6 heteroatoms. The largest absolute Gasteiger partial charge is 0.481 e. The number of hydrogen-bond donors (Lipinski definition) is 3. The number of benzene rings is 1. The van der Waals surface area contributed by atoms with Crippen LogP contribution >= 0.6 is 0 Å². The molecular weight excluding hydrogens is 272 g/mol. The summed E-state index contributed by atoms with van der Waals surface area (Å²) in [5.41, 5.74) is 1.65. The molecule has 1 aliphatic rings. The van der Waals surface area contributed by atoms with Gasteiger partial charge in [-0.25, -0.2) is 0 Å². The Morgan fingerprint density at radius 1 is 1.29 bits per heavy atom. The molecule has 0 spiro atoms. The molecule has 0 aromatic heterocycles. The fraction of sp³-hybridized carbons (Fsp3) is 0.467. The molecule has 2 unspecified atom stereocenters.